The molecule has 1 aliphatic rings. The number of aliphatic imine (C=N–C) groups is 1. The second-order valence-electron chi connectivity index (χ2n) is 5.47. The molecule has 0 saturated heterocycles. The fraction of sp³-hybridized carbons (Fsp3) is 0.158. The average Bonchev–Trinajstić information content (AvgIpc) is 3.14. The summed E-state index contributed by atoms with van der Waals surface area (Å²) in [6, 6.07) is 9.73. The number of hydrogen-bond acceptors (Lipinski definition) is 5. The molecule has 1 aromatic carbocycles. The monoisotopic (exact) mass is 372 g/mol. The molecule has 0 fully saturated rings. The molecule has 2 heterocycles. The lowest BCUT2D eigenvalue weighted by Gasteiger charge is -2.04. The van der Waals surface area contributed by atoms with Crippen molar-refractivity contribution in [1.29, 1.82) is 0 Å². The molecule has 0 radical (unpaired) electrons. The zero-order chi connectivity index (χ0) is 18.7. The maximum atomic E-state index is 13.9. The average molecular weight is 372 g/mol. The van der Waals surface area contributed by atoms with Gasteiger partial charge in [0.25, 0.3) is 0 Å². The fourth-order valence-electron chi connectivity index (χ4n) is 2.40. The van der Waals surface area contributed by atoms with Crippen molar-refractivity contribution in [2.45, 2.75) is 6.92 Å². The van der Waals surface area contributed by atoms with E-state index in [4.69, 9.17) is 4.74 Å². The molecule has 0 unspecified atom stereocenters. The van der Waals surface area contributed by atoms with Gasteiger partial charge in [-0.1, -0.05) is 23.9 Å². The predicted octanol–water partition coefficient (Wildman–Crippen LogP) is 4.36. The number of para-hydroxylation sites is 1. The summed E-state index contributed by atoms with van der Waals surface area (Å²) in [6.45, 7) is 1.83. The van der Waals surface area contributed by atoms with Crippen LogP contribution < -0.4 is 0 Å². The lowest BCUT2D eigenvalue weighted by Crippen LogP contribution is -2.12. The van der Waals surface area contributed by atoms with E-state index in [0.717, 1.165) is 17.5 Å². The van der Waals surface area contributed by atoms with Crippen LogP contribution in [0.1, 0.15) is 12.6 Å². The van der Waals surface area contributed by atoms with Gasteiger partial charge in [-0.25, -0.2) is 14.2 Å². The number of carbonyl (C=O) groups is 1. The number of aliphatic hydroxyl groups excluding tert-OH is 1. The Hall–Kier alpha value is -2.80. The van der Waals surface area contributed by atoms with E-state index in [-0.39, 0.29) is 28.7 Å². The summed E-state index contributed by atoms with van der Waals surface area (Å²) in [5.41, 5.74) is 0.875. The van der Waals surface area contributed by atoms with Crippen LogP contribution in [0.3, 0.4) is 0 Å². The number of aliphatic hydroxyl groups is 1. The van der Waals surface area contributed by atoms with Crippen LogP contribution in [0.2, 0.25) is 0 Å². The van der Waals surface area contributed by atoms with Gasteiger partial charge in [-0.3, -0.25) is 0 Å². The number of carbonyl (C=O) groups excluding carboxylic acids is 1. The molecule has 2 aromatic rings. The van der Waals surface area contributed by atoms with Crippen molar-refractivity contribution in [2.75, 3.05) is 6.61 Å². The van der Waals surface area contributed by atoms with Gasteiger partial charge in [-0.2, -0.15) is 0 Å². The number of halogens is 1. The van der Waals surface area contributed by atoms with Crippen LogP contribution in [0.5, 0.6) is 0 Å². The van der Waals surface area contributed by atoms with Gasteiger partial charge < -0.3 is 14.4 Å². The molecule has 0 saturated carbocycles. The van der Waals surface area contributed by atoms with Gasteiger partial charge in [-0.05, 0) is 37.3 Å². The molecular weight excluding hydrogens is 355 g/mol. The van der Waals surface area contributed by atoms with Crippen LogP contribution in [0.25, 0.3) is 6.08 Å². The van der Waals surface area contributed by atoms with Gasteiger partial charge in [0.2, 0.25) is 0 Å². The van der Waals surface area contributed by atoms with E-state index in [1.54, 1.807) is 25.1 Å². The lowest BCUT2D eigenvalue weighted by molar-refractivity contribution is -0.138. The van der Waals surface area contributed by atoms with Crippen LogP contribution in [0, 0.1) is 5.82 Å². The Kier molecular flexibility index (Phi) is 5.27. The van der Waals surface area contributed by atoms with Crippen LogP contribution in [0.15, 0.2) is 63.8 Å². The highest BCUT2D eigenvalue weighted by Crippen LogP contribution is 2.40. The number of aryl methyl sites for hydroxylation is 1. The minimum absolute atomic E-state index is 0.0550. The molecule has 0 bridgehead atoms. The number of hydrogen-bond donors (Lipinski definition) is 1. The first kappa shape index (κ1) is 18.0. The highest BCUT2D eigenvalue weighted by atomic mass is 32.2. The first-order valence-electron chi connectivity index (χ1n) is 7.96. The minimum Gasteiger partial charge on any atom is -0.506 e. The number of esters is 1. The predicted molar refractivity (Wildman–Crippen MR) is 101 cm³/mol. The second kappa shape index (κ2) is 7.61. The summed E-state index contributed by atoms with van der Waals surface area (Å²) in [6.07, 6.45) is 3.61. The third-order valence-corrected chi connectivity index (χ3v) is 4.73. The standard InChI is InChI=1S/C19H17FN2O3S/c1-3-25-19(24)16-17(23)15(11-12-7-6-10-22(12)2)26-18(16)21-14-9-5-4-8-13(14)20/h4-11,23H,3H2,1-2H3/b15-11+,21-18?. The normalized spacial score (nSPS) is 17.3. The Balaban J connectivity index is 2.07. The fourth-order valence-corrected chi connectivity index (χ4v) is 3.41. The van der Waals surface area contributed by atoms with Gasteiger partial charge >= 0.3 is 5.97 Å². The molecule has 1 N–H and O–H groups in total. The largest absolute Gasteiger partial charge is 0.506 e. The number of benzene rings is 1. The van der Waals surface area contributed by atoms with Crippen molar-refractivity contribution in [3.05, 3.63) is 70.3 Å². The molecule has 1 aromatic heterocycles. The Morgan fingerprint density at radius 2 is 2.12 bits per heavy atom. The number of aromatic nitrogens is 1. The molecule has 0 amide bonds. The van der Waals surface area contributed by atoms with Crippen molar-refractivity contribution in [3.8, 4) is 0 Å². The smallest absolute Gasteiger partial charge is 0.344 e. The molecule has 7 heteroatoms. The van der Waals surface area contributed by atoms with E-state index in [9.17, 15) is 14.3 Å². The van der Waals surface area contributed by atoms with Gasteiger partial charge in [0.1, 0.15) is 27.9 Å². The summed E-state index contributed by atoms with van der Waals surface area (Å²) in [4.78, 5) is 17.0. The zero-order valence-electron chi connectivity index (χ0n) is 14.3. The Bertz CT molecular complexity index is 944. The van der Waals surface area contributed by atoms with E-state index in [0.29, 0.717) is 4.91 Å². The maximum absolute atomic E-state index is 13.9. The van der Waals surface area contributed by atoms with Gasteiger partial charge in [-0.15, -0.1) is 0 Å². The number of thioether (sulfide) groups is 1. The molecule has 0 atom stereocenters. The summed E-state index contributed by atoms with van der Waals surface area (Å²) >= 11 is 1.10. The summed E-state index contributed by atoms with van der Waals surface area (Å²) in [5, 5.41) is 10.8. The van der Waals surface area contributed by atoms with Crippen molar-refractivity contribution in [2.24, 2.45) is 12.0 Å². The third kappa shape index (κ3) is 3.57. The van der Waals surface area contributed by atoms with Crippen molar-refractivity contribution >= 4 is 34.5 Å². The first-order chi connectivity index (χ1) is 12.5. The molecule has 0 aliphatic carbocycles. The number of rotatable bonds is 4. The number of nitrogens with zero attached hydrogens (tertiary/aromatic N) is 2. The van der Waals surface area contributed by atoms with E-state index < -0.39 is 11.8 Å². The molecule has 26 heavy (non-hydrogen) atoms. The molecule has 3 rings (SSSR count). The molecule has 1 aliphatic heterocycles. The molecule has 5 nitrogen and oxygen atoms in total. The van der Waals surface area contributed by atoms with Gasteiger partial charge in [0.15, 0.2) is 0 Å². The van der Waals surface area contributed by atoms with Crippen molar-refractivity contribution in [3.63, 3.8) is 0 Å². The van der Waals surface area contributed by atoms with Crippen LogP contribution in [0.4, 0.5) is 10.1 Å². The number of ether oxygens (including phenoxy) is 1. The first-order valence-corrected chi connectivity index (χ1v) is 8.78. The van der Waals surface area contributed by atoms with Crippen LogP contribution >= 0.6 is 11.8 Å². The maximum Gasteiger partial charge on any atom is 0.344 e. The van der Waals surface area contributed by atoms with Crippen LogP contribution in [-0.2, 0) is 16.6 Å². The van der Waals surface area contributed by atoms with E-state index in [1.807, 2.05) is 29.9 Å². The topological polar surface area (TPSA) is 63.8 Å². The summed E-state index contributed by atoms with van der Waals surface area (Å²) < 4.78 is 20.8. The Labute approximate surface area is 154 Å². The quantitative estimate of drug-likeness (QED) is 0.810. The highest BCUT2D eigenvalue weighted by Gasteiger charge is 2.33. The van der Waals surface area contributed by atoms with Gasteiger partial charge in [0, 0.05) is 18.9 Å². The SMILES string of the molecule is CCOC(=O)C1=C(O)/C(=C\c2cccn2C)SC1=Nc1ccccc1F. The van der Waals surface area contributed by atoms with E-state index in [2.05, 4.69) is 4.99 Å². The Morgan fingerprint density at radius 1 is 1.35 bits per heavy atom. The molecule has 134 valence electrons. The van der Waals surface area contributed by atoms with E-state index in [1.165, 1.54) is 12.1 Å². The van der Waals surface area contributed by atoms with Gasteiger partial charge in [0.05, 0.1) is 11.5 Å². The Morgan fingerprint density at radius 3 is 2.77 bits per heavy atom. The summed E-state index contributed by atoms with van der Waals surface area (Å²) in [7, 11) is 1.87. The minimum atomic E-state index is -0.692. The zero-order valence-corrected chi connectivity index (χ0v) is 15.1. The summed E-state index contributed by atoms with van der Waals surface area (Å²) in [5.74, 6) is -1.42. The van der Waals surface area contributed by atoms with E-state index >= 15 is 0 Å². The third-order valence-electron chi connectivity index (χ3n) is 3.71. The highest BCUT2D eigenvalue weighted by molar-refractivity contribution is 8.18. The second-order valence-corrected chi connectivity index (χ2v) is 6.50. The van der Waals surface area contributed by atoms with Crippen LogP contribution in [-0.4, -0.2) is 27.3 Å². The molecular formula is C19H17FN2O3S. The van der Waals surface area contributed by atoms with Crippen molar-refractivity contribution < 1.29 is 19.0 Å². The molecule has 0 spiro atoms. The lowest BCUT2D eigenvalue weighted by atomic mass is 10.2. The van der Waals surface area contributed by atoms with Crippen molar-refractivity contribution in [1.82, 2.24) is 4.57 Å².